The largest absolute Gasteiger partial charge is 0.462 e. The van der Waals surface area contributed by atoms with Gasteiger partial charge in [-0.1, -0.05) is 66.2 Å². The monoisotopic (exact) mass is 366 g/mol. The van der Waals surface area contributed by atoms with Crippen LogP contribution in [0.1, 0.15) is 28.4 Å². The van der Waals surface area contributed by atoms with Crippen LogP contribution in [-0.4, -0.2) is 22.4 Å². The van der Waals surface area contributed by atoms with Crippen LogP contribution in [0.2, 0.25) is 5.15 Å². The first-order valence-electron chi connectivity index (χ1n) is 8.34. The predicted octanol–water partition coefficient (Wildman–Crippen LogP) is 5.09. The second kappa shape index (κ2) is 8.02. The molecule has 0 aliphatic heterocycles. The van der Waals surface area contributed by atoms with Gasteiger partial charge in [0.1, 0.15) is 10.8 Å². The maximum absolute atomic E-state index is 12.1. The molecule has 3 aromatic rings. The van der Waals surface area contributed by atoms with Crippen LogP contribution in [0.5, 0.6) is 0 Å². The van der Waals surface area contributed by atoms with Gasteiger partial charge in [-0.05, 0) is 24.6 Å². The lowest BCUT2D eigenvalue weighted by Crippen LogP contribution is -2.06. The van der Waals surface area contributed by atoms with Crippen molar-refractivity contribution in [3.63, 3.8) is 0 Å². The molecule has 26 heavy (non-hydrogen) atoms. The van der Waals surface area contributed by atoms with Gasteiger partial charge in [0.15, 0.2) is 0 Å². The molecule has 0 spiro atoms. The van der Waals surface area contributed by atoms with Gasteiger partial charge in [-0.3, -0.25) is 4.68 Å². The molecule has 0 radical (unpaired) electrons. The van der Waals surface area contributed by atoms with Crippen molar-refractivity contribution in [3.05, 3.63) is 76.4 Å². The summed E-state index contributed by atoms with van der Waals surface area (Å²) in [5.74, 6) is -0.340. The van der Waals surface area contributed by atoms with Crippen molar-refractivity contribution in [1.29, 1.82) is 0 Å². The van der Waals surface area contributed by atoms with Gasteiger partial charge in [-0.15, -0.1) is 0 Å². The Hall–Kier alpha value is -2.85. The van der Waals surface area contributed by atoms with Gasteiger partial charge in [-0.2, -0.15) is 5.10 Å². The number of aryl methyl sites for hydroxylation is 1. The number of rotatable bonds is 5. The Labute approximate surface area is 157 Å². The molecule has 4 nitrogen and oxygen atoms in total. The maximum atomic E-state index is 12.1. The van der Waals surface area contributed by atoms with E-state index in [0.29, 0.717) is 17.3 Å². The van der Waals surface area contributed by atoms with Crippen LogP contribution in [-0.2, 0) is 11.8 Å². The molecule has 0 amide bonds. The Morgan fingerprint density at radius 2 is 1.81 bits per heavy atom. The minimum absolute atomic E-state index is 0.337. The molecular weight excluding hydrogens is 348 g/mol. The highest BCUT2D eigenvalue weighted by Gasteiger charge is 2.15. The van der Waals surface area contributed by atoms with Crippen molar-refractivity contribution in [2.24, 2.45) is 7.05 Å². The third kappa shape index (κ3) is 3.70. The number of carbonyl (C=O) groups is 1. The van der Waals surface area contributed by atoms with Crippen LogP contribution in [0.15, 0.2) is 54.6 Å². The fraction of sp³-hybridized carbons (Fsp3) is 0.143. The Kier molecular flexibility index (Phi) is 5.54. The summed E-state index contributed by atoms with van der Waals surface area (Å²) in [5, 5.41) is 5.06. The van der Waals surface area contributed by atoms with Crippen LogP contribution in [0.25, 0.3) is 23.4 Å². The van der Waals surface area contributed by atoms with Crippen LogP contribution in [0.3, 0.4) is 0 Å². The molecule has 5 heteroatoms. The van der Waals surface area contributed by atoms with Gasteiger partial charge in [0.2, 0.25) is 0 Å². The van der Waals surface area contributed by atoms with Gasteiger partial charge in [0, 0.05) is 18.2 Å². The number of hydrogen-bond donors (Lipinski definition) is 0. The molecule has 2 aromatic carbocycles. The number of esters is 1. The first-order valence-corrected chi connectivity index (χ1v) is 8.71. The summed E-state index contributed by atoms with van der Waals surface area (Å²) >= 11 is 6.44. The summed E-state index contributed by atoms with van der Waals surface area (Å²) in [4.78, 5) is 12.1. The summed E-state index contributed by atoms with van der Waals surface area (Å²) in [6.45, 7) is 2.13. The summed E-state index contributed by atoms with van der Waals surface area (Å²) in [6, 6.07) is 17.2. The standard InChI is InChI=1S/C21H19ClN2O2/c1-3-26-21(25)17-12-8-7-9-15(17)13-14-18-19(23-24(2)20(18)22)16-10-5-4-6-11-16/h4-14H,3H2,1-2H3/b14-13+. The molecule has 0 saturated carbocycles. The topological polar surface area (TPSA) is 44.1 Å². The molecule has 1 aromatic heterocycles. The maximum Gasteiger partial charge on any atom is 0.338 e. The zero-order valence-corrected chi connectivity index (χ0v) is 15.4. The summed E-state index contributed by atoms with van der Waals surface area (Å²) < 4.78 is 6.77. The van der Waals surface area contributed by atoms with E-state index in [4.69, 9.17) is 16.3 Å². The molecule has 0 bridgehead atoms. The molecule has 0 unspecified atom stereocenters. The highest BCUT2D eigenvalue weighted by atomic mass is 35.5. The van der Waals surface area contributed by atoms with E-state index >= 15 is 0 Å². The Bertz CT molecular complexity index is 946. The van der Waals surface area contributed by atoms with Crippen LogP contribution >= 0.6 is 11.6 Å². The zero-order valence-electron chi connectivity index (χ0n) is 14.6. The van der Waals surface area contributed by atoms with Crippen molar-refractivity contribution in [2.75, 3.05) is 6.61 Å². The molecule has 0 aliphatic carbocycles. The summed E-state index contributed by atoms with van der Waals surface area (Å²) in [7, 11) is 1.80. The van der Waals surface area contributed by atoms with Crippen molar-refractivity contribution in [3.8, 4) is 11.3 Å². The Morgan fingerprint density at radius 3 is 2.54 bits per heavy atom. The minimum atomic E-state index is -0.340. The number of aromatic nitrogens is 2. The van der Waals surface area contributed by atoms with E-state index in [1.165, 1.54) is 0 Å². The summed E-state index contributed by atoms with van der Waals surface area (Å²) in [6.07, 6.45) is 3.75. The van der Waals surface area contributed by atoms with Crippen molar-refractivity contribution in [1.82, 2.24) is 9.78 Å². The molecule has 3 rings (SSSR count). The van der Waals surface area contributed by atoms with Gasteiger partial charge in [-0.25, -0.2) is 4.79 Å². The average Bonchev–Trinajstić information content (AvgIpc) is 2.95. The van der Waals surface area contributed by atoms with Crippen molar-refractivity contribution >= 4 is 29.7 Å². The molecule has 0 fully saturated rings. The number of hydrogen-bond acceptors (Lipinski definition) is 3. The van der Waals surface area contributed by atoms with Crippen LogP contribution in [0, 0.1) is 0 Å². The van der Waals surface area contributed by atoms with Gasteiger partial charge >= 0.3 is 5.97 Å². The molecule has 0 aliphatic rings. The smallest absolute Gasteiger partial charge is 0.338 e. The molecular formula is C21H19ClN2O2. The number of benzene rings is 2. The lowest BCUT2D eigenvalue weighted by molar-refractivity contribution is 0.0526. The first-order chi connectivity index (χ1) is 12.6. The zero-order chi connectivity index (χ0) is 18.5. The molecule has 0 atom stereocenters. The number of carbonyl (C=O) groups excluding carboxylic acids is 1. The van der Waals surface area contributed by atoms with Crippen molar-refractivity contribution in [2.45, 2.75) is 6.92 Å². The lowest BCUT2D eigenvalue weighted by Gasteiger charge is -2.05. The van der Waals surface area contributed by atoms with E-state index in [2.05, 4.69) is 5.10 Å². The highest BCUT2D eigenvalue weighted by molar-refractivity contribution is 6.31. The molecule has 0 saturated heterocycles. The average molecular weight is 367 g/mol. The molecule has 132 valence electrons. The number of halogens is 1. The van der Waals surface area contributed by atoms with Crippen molar-refractivity contribution < 1.29 is 9.53 Å². The van der Waals surface area contributed by atoms with E-state index in [0.717, 1.165) is 22.4 Å². The van der Waals surface area contributed by atoms with E-state index in [-0.39, 0.29) is 5.97 Å². The lowest BCUT2D eigenvalue weighted by atomic mass is 10.0. The predicted molar refractivity (Wildman–Crippen MR) is 105 cm³/mol. The third-order valence-corrected chi connectivity index (χ3v) is 4.39. The van der Waals surface area contributed by atoms with E-state index in [9.17, 15) is 4.79 Å². The summed E-state index contributed by atoms with van der Waals surface area (Å²) in [5.41, 5.74) is 3.87. The third-order valence-electron chi connectivity index (χ3n) is 3.94. The first kappa shape index (κ1) is 18.0. The van der Waals surface area contributed by atoms with E-state index in [1.54, 1.807) is 24.7 Å². The number of nitrogens with zero attached hydrogens (tertiary/aromatic N) is 2. The Balaban J connectivity index is 2.02. The quantitative estimate of drug-likeness (QED) is 0.591. The fourth-order valence-electron chi connectivity index (χ4n) is 2.69. The van der Waals surface area contributed by atoms with E-state index in [1.807, 2.05) is 60.7 Å². The van der Waals surface area contributed by atoms with Crippen LogP contribution < -0.4 is 0 Å². The van der Waals surface area contributed by atoms with Gasteiger partial charge < -0.3 is 4.74 Å². The second-order valence-electron chi connectivity index (χ2n) is 5.68. The SMILES string of the molecule is CCOC(=O)c1ccccc1/C=C/c1c(-c2ccccc2)nn(C)c1Cl. The van der Waals surface area contributed by atoms with Crippen LogP contribution in [0.4, 0.5) is 0 Å². The molecule has 0 N–H and O–H groups in total. The van der Waals surface area contributed by atoms with Gasteiger partial charge in [0.05, 0.1) is 12.2 Å². The highest BCUT2D eigenvalue weighted by Crippen LogP contribution is 2.30. The fourth-order valence-corrected chi connectivity index (χ4v) is 2.88. The van der Waals surface area contributed by atoms with E-state index < -0.39 is 0 Å². The normalized spacial score (nSPS) is 11.0. The minimum Gasteiger partial charge on any atom is -0.462 e. The Morgan fingerprint density at radius 1 is 1.12 bits per heavy atom. The second-order valence-corrected chi connectivity index (χ2v) is 6.04. The number of ether oxygens (including phenoxy) is 1. The molecule has 1 heterocycles. The van der Waals surface area contributed by atoms with Gasteiger partial charge in [0.25, 0.3) is 0 Å².